The number of nitro groups is 1. The van der Waals surface area contributed by atoms with E-state index in [1.54, 1.807) is 24.3 Å². The van der Waals surface area contributed by atoms with Crippen LogP contribution in [0.1, 0.15) is 0 Å². The summed E-state index contributed by atoms with van der Waals surface area (Å²) >= 11 is 2.03. The number of halogens is 1. The number of nitrogens with zero attached hydrogens (tertiary/aromatic N) is 1. The molecule has 0 unspecified atom stereocenters. The number of nitro benzene ring substituents is 1. The fourth-order valence-corrected chi connectivity index (χ4v) is 2.01. The van der Waals surface area contributed by atoms with Crippen LogP contribution >= 0.6 is 22.6 Å². The van der Waals surface area contributed by atoms with Crippen molar-refractivity contribution < 1.29 is 9.66 Å². The average molecular weight is 370 g/mol. The molecule has 2 rings (SSSR count). The van der Waals surface area contributed by atoms with Gasteiger partial charge in [0.15, 0.2) is 0 Å². The van der Waals surface area contributed by atoms with Crippen LogP contribution in [0.2, 0.25) is 0 Å². The Kier molecular flexibility index (Phi) is 4.20. The molecule has 0 radical (unpaired) electrons. The van der Waals surface area contributed by atoms with Crippen molar-refractivity contribution in [3.63, 3.8) is 0 Å². The van der Waals surface area contributed by atoms with E-state index in [1.165, 1.54) is 6.07 Å². The van der Waals surface area contributed by atoms with E-state index < -0.39 is 4.92 Å². The Labute approximate surface area is 123 Å². The fourth-order valence-electron chi connectivity index (χ4n) is 1.54. The predicted molar refractivity (Wildman–Crippen MR) is 81.9 cm³/mol. The van der Waals surface area contributed by atoms with Crippen LogP contribution in [0.5, 0.6) is 11.5 Å². The largest absolute Gasteiger partial charge is 0.450 e. The zero-order valence-corrected chi connectivity index (χ0v) is 12.2. The maximum atomic E-state index is 11.0. The summed E-state index contributed by atoms with van der Waals surface area (Å²) in [7, 11) is 1.82. The van der Waals surface area contributed by atoms with Crippen LogP contribution in [0.25, 0.3) is 0 Å². The molecule has 0 aliphatic rings. The summed E-state index contributed by atoms with van der Waals surface area (Å²) in [6.45, 7) is 0. The van der Waals surface area contributed by atoms with E-state index in [0.717, 1.165) is 9.26 Å². The summed E-state index contributed by atoms with van der Waals surface area (Å²) in [4.78, 5) is 10.5. The lowest BCUT2D eigenvalue weighted by Crippen LogP contribution is -1.94. The molecule has 5 nitrogen and oxygen atoms in total. The van der Waals surface area contributed by atoms with Crippen LogP contribution in [-0.2, 0) is 0 Å². The molecule has 2 aromatic carbocycles. The van der Waals surface area contributed by atoms with Gasteiger partial charge in [0.1, 0.15) is 5.75 Å². The maximum absolute atomic E-state index is 11.0. The maximum Gasteiger partial charge on any atom is 0.312 e. The number of rotatable bonds is 4. The van der Waals surface area contributed by atoms with Crippen molar-refractivity contribution in [2.75, 3.05) is 12.4 Å². The van der Waals surface area contributed by atoms with Crippen molar-refractivity contribution in [2.45, 2.75) is 0 Å². The second kappa shape index (κ2) is 5.87. The lowest BCUT2D eigenvalue weighted by Gasteiger charge is -2.07. The third-order valence-electron chi connectivity index (χ3n) is 2.49. The first-order valence-electron chi connectivity index (χ1n) is 5.50. The molecule has 2 aromatic rings. The molecule has 0 atom stereocenters. The standard InChI is InChI=1S/C13H11IN2O3/c1-15-10-3-5-11(6-4-10)19-13-7-2-9(14)8-12(13)16(17)18/h2-8,15H,1H3. The Bertz CT molecular complexity index is 599. The van der Waals surface area contributed by atoms with Crippen molar-refractivity contribution in [3.05, 3.63) is 56.1 Å². The minimum absolute atomic E-state index is 0.0374. The zero-order chi connectivity index (χ0) is 13.8. The summed E-state index contributed by atoms with van der Waals surface area (Å²) in [5, 5.41) is 14.0. The van der Waals surface area contributed by atoms with Gasteiger partial charge in [0.05, 0.1) is 4.92 Å². The summed E-state index contributed by atoms with van der Waals surface area (Å²) in [5.41, 5.74) is 0.911. The van der Waals surface area contributed by atoms with Crippen LogP contribution in [-0.4, -0.2) is 12.0 Å². The smallest absolute Gasteiger partial charge is 0.312 e. The average Bonchev–Trinajstić information content (AvgIpc) is 2.41. The van der Waals surface area contributed by atoms with Crippen molar-refractivity contribution in [3.8, 4) is 11.5 Å². The van der Waals surface area contributed by atoms with Crippen LogP contribution in [0.15, 0.2) is 42.5 Å². The van der Waals surface area contributed by atoms with Gasteiger partial charge in [-0.1, -0.05) is 0 Å². The molecule has 0 bridgehead atoms. The number of hydrogen-bond donors (Lipinski definition) is 1. The van der Waals surface area contributed by atoms with E-state index in [-0.39, 0.29) is 11.4 Å². The molecule has 0 fully saturated rings. The third kappa shape index (κ3) is 3.34. The number of ether oxygens (including phenoxy) is 1. The van der Waals surface area contributed by atoms with Crippen LogP contribution in [0, 0.1) is 13.7 Å². The Hall–Kier alpha value is -1.83. The third-order valence-corrected chi connectivity index (χ3v) is 3.16. The monoisotopic (exact) mass is 370 g/mol. The number of anilines is 1. The SMILES string of the molecule is CNc1ccc(Oc2ccc(I)cc2[N+](=O)[O-])cc1. The van der Waals surface area contributed by atoms with Gasteiger partial charge in [0.25, 0.3) is 0 Å². The number of benzene rings is 2. The molecule has 0 heterocycles. The van der Waals surface area contributed by atoms with E-state index in [1.807, 2.05) is 41.8 Å². The second-order valence-corrected chi connectivity index (χ2v) is 4.99. The summed E-state index contributed by atoms with van der Waals surface area (Å²) in [5.74, 6) is 0.797. The molecule has 0 aliphatic heterocycles. The molecule has 19 heavy (non-hydrogen) atoms. The molecule has 0 saturated heterocycles. The van der Waals surface area contributed by atoms with E-state index in [9.17, 15) is 10.1 Å². The van der Waals surface area contributed by atoms with Crippen molar-refractivity contribution in [1.29, 1.82) is 0 Å². The van der Waals surface area contributed by atoms with E-state index in [0.29, 0.717) is 5.75 Å². The number of nitrogens with one attached hydrogen (secondary N) is 1. The Morgan fingerprint density at radius 3 is 2.47 bits per heavy atom. The first-order chi connectivity index (χ1) is 9.10. The highest BCUT2D eigenvalue weighted by molar-refractivity contribution is 14.1. The number of hydrogen-bond acceptors (Lipinski definition) is 4. The van der Waals surface area contributed by atoms with Crippen molar-refractivity contribution in [2.24, 2.45) is 0 Å². The molecule has 98 valence electrons. The van der Waals surface area contributed by atoms with E-state index in [2.05, 4.69) is 5.32 Å². The normalized spacial score (nSPS) is 10.0. The van der Waals surface area contributed by atoms with Gasteiger partial charge in [-0.15, -0.1) is 0 Å². The topological polar surface area (TPSA) is 64.4 Å². The summed E-state index contributed by atoms with van der Waals surface area (Å²) < 4.78 is 6.35. The molecular weight excluding hydrogens is 359 g/mol. The predicted octanol–water partition coefficient (Wildman–Crippen LogP) is 4.03. The molecule has 0 saturated carbocycles. The molecule has 6 heteroatoms. The highest BCUT2D eigenvalue weighted by atomic mass is 127. The highest BCUT2D eigenvalue weighted by Gasteiger charge is 2.16. The second-order valence-electron chi connectivity index (χ2n) is 3.75. The molecule has 0 aromatic heterocycles. The Morgan fingerprint density at radius 1 is 1.21 bits per heavy atom. The molecular formula is C13H11IN2O3. The molecule has 0 amide bonds. The lowest BCUT2D eigenvalue weighted by atomic mass is 10.3. The quantitative estimate of drug-likeness (QED) is 0.501. The first kappa shape index (κ1) is 13.6. The molecule has 0 aliphatic carbocycles. The van der Waals surface area contributed by atoms with Gasteiger partial charge >= 0.3 is 5.69 Å². The van der Waals surface area contributed by atoms with Crippen LogP contribution in [0.3, 0.4) is 0 Å². The lowest BCUT2D eigenvalue weighted by molar-refractivity contribution is -0.385. The molecule has 0 spiro atoms. The van der Waals surface area contributed by atoms with Crippen LogP contribution < -0.4 is 10.1 Å². The Morgan fingerprint density at radius 2 is 1.89 bits per heavy atom. The highest BCUT2D eigenvalue weighted by Crippen LogP contribution is 2.32. The van der Waals surface area contributed by atoms with Gasteiger partial charge in [0, 0.05) is 22.4 Å². The zero-order valence-electron chi connectivity index (χ0n) is 10.1. The van der Waals surface area contributed by atoms with Gasteiger partial charge in [-0.25, -0.2) is 0 Å². The van der Waals surface area contributed by atoms with E-state index in [4.69, 9.17) is 4.74 Å². The van der Waals surface area contributed by atoms with Gasteiger partial charge in [-0.2, -0.15) is 0 Å². The fraction of sp³-hybridized carbons (Fsp3) is 0.0769. The first-order valence-corrected chi connectivity index (χ1v) is 6.57. The minimum atomic E-state index is -0.445. The Balaban J connectivity index is 2.29. The van der Waals surface area contributed by atoms with Gasteiger partial charge in [-0.3, -0.25) is 10.1 Å². The van der Waals surface area contributed by atoms with Gasteiger partial charge in [0.2, 0.25) is 5.75 Å². The van der Waals surface area contributed by atoms with Crippen LogP contribution in [0.4, 0.5) is 11.4 Å². The van der Waals surface area contributed by atoms with Crippen molar-refractivity contribution >= 4 is 34.0 Å². The van der Waals surface area contributed by atoms with E-state index >= 15 is 0 Å². The minimum Gasteiger partial charge on any atom is -0.450 e. The summed E-state index contributed by atoms with van der Waals surface area (Å²) in [6, 6.07) is 12.1. The van der Waals surface area contributed by atoms with Gasteiger partial charge in [-0.05, 0) is 59.0 Å². The summed E-state index contributed by atoms with van der Waals surface area (Å²) in [6.07, 6.45) is 0. The van der Waals surface area contributed by atoms with Gasteiger partial charge < -0.3 is 10.1 Å². The van der Waals surface area contributed by atoms with Crippen molar-refractivity contribution in [1.82, 2.24) is 0 Å². The molecule has 1 N–H and O–H groups in total.